The molecule has 0 unspecified atom stereocenters. The Morgan fingerprint density at radius 3 is 2.67 bits per heavy atom. The lowest BCUT2D eigenvalue weighted by molar-refractivity contribution is 0.102. The second-order valence-electron chi connectivity index (χ2n) is 3.75. The summed E-state index contributed by atoms with van der Waals surface area (Å²) in [6.45, 7) is 2.77. The second kappa shape index (κ2) is 5.82. The largest absolute Gasteiger partial charge is 0.385 e. The highest BCUT2D eigenvalue weighted by Crippen LogP contribution is 2.16. The van der Waals surface area contributed by atoms with Crippen molar-refractivity contribution in [1.29, 1.82) is 0 Å². The van der Waals surface area contributed by atoms with Gasteiger partial charge in [-0.2, -0.15) is 0 Å². The van der Waals surface area contributed by atoms with Gasteiger partial charge in [0, 0.05) is 18.4 Å². The third-order valence-electron chi connectivity index (χ3n) is 2.45. The lowest BCUT2D eigenvalue weighted by Gasteiger charge is -2.10. The summed E-state index contributed by atoms with van der Waals surface area (Å²) in [5.74, 6) is 0.388. The van der Waals surface area contributed by atoms with Crippen LogP contribution in [-0.4, -0.2) is 17.4 Å². The molecule has 0 spiro atoms. The van der Waals surface area contributed by atoms with Crippen LogP contribution in [0.4, 0.5) is 11.5 Å². The first-order chi connectivity index (χ1) is 8.81. The lowest BCUT2D eigenvalue weighted by atomic mass is 10.1. The fraction of sp³-hybridized carbons (Fsp3) is 0.143. The smallest absolute Gasteiger partial charge is 0.258 e. The average molecular weight is 241 g/mol. The van der Waals surface area contributed by atoms with Crippen molar-refractivity contribution in [2.24, 2.45) is 0 Å². The number of aromatic nitrogens is 1. The molecular formula is C14H15N3O. The zero-order valence-electron chi connectivity index (χ0n) is 10.2. The normalized spacial score (nSPS) is 9.83. The van der Waals surface area contributed by atoms with Crippen LogP contribution in [0.1, 0.15) is 17.3 Å². The third kappa shape index (κ3) is 2.85. The molecule has 0 bridgehead atoms. The summed E-state index contributed by atoms with van der Waals surface area (Å²) in [6, 6.07) is 12.8. The van der Waals surface area contributed by atoms with Crippen LogP contribution in [0.25, 0.3) is 0 Å². The summed E-state index contributed by atoms with van der Waals surface area (Å²) in [7, 11) is 0. The van der Waals surface area contributed by atoms with Gasteiger partial charge in [0.05, 0.1) is 5.56 Å². The molecule has 0 aliphatic carbocycles. The van der Waals surface area contributed by atoms with E-state index in [0.29, 0.717) is 11.4 Å². The molecule has 2 rings (SSSR count). The average Bonchev–Trinajstić information content (AvgIpc) is 2.41. The molecule has 4 heteroatoms. The number of amides is 1. The Bertz CT molecular complexity index is 526. The number of carbonyl (C=O) groups is 1. The van der Waals surface area contributed by atoms with Gasteiger partial charge in [-0.15, -0.1) is 0 Å². The van der Waals surface area contributed by atoms with Crippen LogP contribution in [0.5, 0.6) is 0 Å². The van der Waals surface area contributed by atoms with Crippen LogP contribution in [0.15, 0.2) is 48.7 Å². The number of rotatable bonds is 4. The van der Waals surface area contributed by atoms with Gasteiger partial charge >= 0.3 is 0 Å². The van der Waals surface area contributed by atoms with E-state index < -0.39 is 0 Å². The molecule has 18 heavy (non-hydrogen) atoms. The van der Waals surface area contributed by atoms with Gasteiger partial charge in [-0.1, -0.05) is 18.2 Å². The highest BCUT2D eigenvalue weighted by Gasteiger charge is 2.10. The van der Waals surface area contributed by atoms with E-state index in [1.165, 1.54) is 0 Å². The van der Waals surface area contributed by atoms with Gasteiger partial charge in [-0.25, -0.2) is 4.98 Å². The van der Waals surface area contributed by atoms with Gasteiger partial charge in [0.15, 0.2) is 0 Å². The van der Waals surface area contributed by atoms with Crippen LogP contribution in [-0.2, 0) is 0 Å². The predicted molar refractivity (Wildman–Crippen MR) is 72.8 cm³/mol. The number of hydrogen-bond acceptors (Lipinski definition) is 3. The van der Waals surface area contributed by atoms with Gasteiger partial charge < -0.3 is 10.6 Å². The molecule has 1 heterocycles. The van der Waals surface area contributed by atoms with E-state index in [0.717, 1.165) is 12.2 Å². The van der Waals surface area contributed by atoms with E-state index in [2.05, 4.69) is 15.6 Å². The first-order valence-corrected chi connectivity index (χ1v) is 5.86. The minimum atomic E-state index is -0.162. The Kier molecular flexibility index (Phi) is 3.91. The van der Waals surface area contributed by atoms with Gasteiger partial charge in [-0.3, -0.25) is 4.79 Å². The summed E-state index contributed by atoms with van der Waals surface area (Å²) in [4.78, 5) is 16.2. The Morgan fingerprint density at radius 2 is 1.94 bits per heavy atom. The number of benzene rings is 1. The van der Waals surface area contributed by atoms with Crippen LogP contribution in [0, 0.1) is 0 Å². The number of pyridine rings is 1. The summed E-state index contributed by atoms with van der Waals surface area (Å²) in [6.07, 6.45) is 1.64. The van der Waals surface area contributed by atoms with Crippen molar-refractivity contribution >= 4 is 17.4 Å². The fourth-order valence-electron chi connectivity index (χ4n) is 1.65. The summed E-state index contributed by atoms with van der Waals surface area (Å²) in [5, 5.41) is 5.93. The minimum absolute atomic E-state index is 0.162. The molecule has 0 fully saturated rings. The zero-order valence-corrected chi connectivity index (χ0v) is 10.2. The SMILES string of the molecule is CCNc1ccccc1C(=O)Nc1ccccn1. The Balaban J connectivity index is 2.19. The van der Waals surface area contributed by atoms with E-state index in [4.69, 9.17) is 0 Å². The van der Waals surface area contributed by atoms with Gasteiger partial charge in [0.25, 0.3) is 5.91 Å². The maximum Gasteiger partial charge on any atom is 0.258 e. The Morgan fingerprint density at radius 1 is 1.17 bits per heavy atom. The van der Waals surface area contributed by atoms with Gasteiger partial charge in [-0.05, 0) is 31.2 Å². The Labute approximate surface area is 106 Å². The molecule has 0 aliphatic rings. The molecule has 0 atom stereocenters. The van der Waals surface area contributed by atoms with Crippen LogP contribution in [0.3, 0.4) is 0 Å². The fourth-order valence-corrected chi connectivity index (χ4v) is 1.65. The third-order valence-corrected chi connectivity index (χ3v) is 2.45. The van der Waals surface area contributed by atoms with Crippen molar-refractivity contribution in [2.75, 3.05) is 17.2 Å². The number of hydrogen-bond donors (Lipinski definition) is 2. The number of para-hydroxylation sites is 1. The summed E-state index contributed by atoms with van der Waals surface area (Å²) < 4.78 is 0. The molecule has 2 N–H and O–H groups in total. The van der Waals surface area contributed by atoms with E-state index in [1.807, 2.05) is 37.3 Å². The van der Waals surface area contributed by atoms with Gasteiger partial charge in [0.1, 0.15) is 5.82 Å². The first-order valence-electron chi connectivity index (χ1n) is 5.86. The Hall–Kier alpha value is -2.36. The topological polar surface area (TPSA) is 54.0 Å². The molecule has 1 aromatic carbocycles. The van der Waals surface area contributed by atoms with E-state index in [9.17, 15) is 4.79 Å². The molecule has 0 radical (unpaired) electrons. The van der Waals surface area contributed by atoms with Crippen molar-refractivity contribution in [3.63, 3.8) is 0 Å². The molecule has 0 saturated carbocycles. The highest BCUT2D eigenvalue weighted by molar-refractivity contribution is 6.07. The maximum absolute atomic E-state index is 12.1. The highest BCUT2D eigenvalue weighted by atomic mass is 16.1. The predicted octanol–water partition coefficient (Wildman–Crippen LogP) is 2.77. The van der Waals surface area contributed by atoms with Crippen molar-refractivity contribution in [3.05, 3.63) is 54.2 Å². The van der Waals surface area contributed by atoms with Crippen LogP contribution in [0.2, 0.25) is 0 Å². The standard InChI is InChI=1S/C14H15N3O/c1-2-15-12-8-4-3-7-11(12)14(18)17-13-9-5-6-10-16-13/h3-10,15H,2H2,1H3,(H,16,17,18). The quantitative estimate of drug-likeness (QED) is 0.865. The van der Waals surface area contributed by atoms with Crippen molar-refractivity contribution < 1.29 is 4.79 Å². The van der Waals surface area contributed by atoms with Crippen molar-refractivity contribution in [3.8, 4) is 0 Å². The van der Waals surface area contributed by atoms with E-state index >= 15 is 0 Å². The van der Waals surface area contributed by atoms with E-state index in [1.54, 1.807) is 18.3 Å². The number of carbonyl (C=O) groups excluding carboxylic acids is 1. The first kappa shape index (κ1) is 12.1. The molecule has 2 aromatic rings. The monoisotopic (exact) mass is 241 g/mol. The number of nitrogens with one attached hydrogen (secondary N) is 2. The molecule has 4 nitrogen and oxygen atoms in total. The number of nitrogens with zero attached hydrogens (tertiary/aromatic N) is 1. The summed E-state index contributed by atoms with van der Waals surface area (Å²) >= 11 is 0. The molecule has 1 aromatic heterocycles. The molecule has 1 amide bonds. The molecule has 0 saturated heterocycles. The van der Waals surface area contributed by atoms with Crippen molar-refractivity contribution in [1.82, 2.24) is 4.98 Å². The van der Waals surface area contributed by atoms with Gasteiger partial charge in [0.2, 0.25) is 0 Å². The lowest BCUT2D eigenvalue weighted by Crippen LogP contribution is -2.15. The van der Waals surface area contributed by atoms with Crippen molar-refractivity contribution in [2.45, 2.75) is 6.92 Å². The molecule has 0 aliphatic heterocycles. The van der Waals surface area contributed by atoms with E-state index in [-0.39, 0.29) is 5.91 Å². The zero-order chi connectivity index (χ0) is 12.8. The van der Waals surface area contributed by atoms with Crippen LogP contribution >= 0.6 is 0 Å². The summed E-state index contributed by atoms with van der Waals surface area (Å²) in [5.41, 5.74) is 1.44. The second-order valence-corrected chi connectivity index (χ2v) is 3.75. The molecule has 92 valence electrons. The minimum Gasteiger partial charge on any atom is -0.385 e. The number of anilines is 2. The maximum atomic E-state index is 12.1. The molecular weight excluding hydrogens is 226 g/mol. The van der Waals surface area contributed by atoms with Crippen LogP contribution < -0.4 is 10.6 Å².